The lowest BCUT2D eigenvalue weighted by Gasteiger charge is -2.32. The maximum atomic E-state index is 15.1. The van der Waals surface area contributed by atoms with Crippen LogP contribution in [-0.4, -0.2) is 116 Å². The van der Waals surface area contributed by atoms with Crippen LogP contribution in [0.5, 0.6) is 23.1 Å². The highest BCUT2D eigenvalue weighted by atomic mass is 19.1. The number of piperazine rings is 1. The largest absolute Gasteiger partial charge is 0.493 e. The van der Waals surface area contributed by atoms with Crippen molar-refractivity contribution < 1.29 is 32.9 Å². The van der Waals surface area contributed by atoms with Gasteiger partial charge in [0, 0.05) is 75.0 Å². The summed E-state index contributed by atoms with van der Waals surface area (Å²) in [5.74, 6) is -0.583. The Kier molecular flexibility index (Phi) is 12.3. The smallest absolute Gasteiger partial charge is 0.262 e. The lowest BCUT2D eigenvalue weighted by molar-refractivity contribution is 0.0302. The van der Waals surface area contributed by atoms with Gasteiger partial charge in [-0.05, 0) is 68.8 Å². The maximum Gasteiger partial charge on any atom is 0.262 e. The third-order valence-electron chi connectivity index (χ3n) is 9.29. The number of aryl methyl sites for hydroxylation is 2. The minimum absolute atomic E-state index is 0.0419. The van der Waals surface area contributed by atoms with Crippen LogP contribution in [-0.2, 0) is 4.74 Å². The van der Waals surface area contributed by atoms with Gasteiger partial charge in [0.25, 0.3) is 11.8 Å². The molecule has 2 aliphatic heterocycles. The molecule has 2 saturated heterocycles. The van der Waals surface area contributed by atoms with Crippen molar-refractivity contribution in [1.29, 1.82) is 0 Å². The van der Waals surface area contributed by atoms with Crippen LogP contribution in [0.2, 0.25) is 0 Å². The fraction of sp³-hybridized carbons (Fsp3) is 0.385. The second-order valence-corrected chi connectivity index (χ2v) is 13.1. The second-order valence-electron chi connectivity index (χ2n) is 13.1. The average Bonchev–Trinajstić information content (AvgIpc) is 3.16. The van der Waals surface area contributed by atoms with E-state index in [2.05, 4.69) is 37.4 Å². The van der Waals surface area contributed by atoms with Gasteiger partial charge in [0.05, 0.1) is 26.9 Å². The molecule has 0 unspecified atom stereocenters. The molecule has 0 atom stereocenters. The fourth-order valence-electron chi connectivity index (χ4n) is 6.16. The van der Waals surface area contributed by atoms with Crippen molar-refractivity contribution >= 4 is 29.1 Å². The molecule has 0 bridgehead atoms. The van der Waals surface area contributed by atoms with Crippen LogP contribution in [0.25, 0.3) is 0 Å². The number of aromatic nitrogens is 2. The maximum absolute atomic E-state index is 15.1. The van der Waals surface area contributed by atoms with Gasteiger partial charge in [0.15, 0.2) is 23.1 Å². The van der Waals surface area contributed by atoms with Gasteiger partial charge >= 0.3 is 0 Å². The van der Waals surface area contributed by atoms with Crippen molar-refractivity contribution in [2.75, 3.05) is 90.4 Å². The van der Waals surface area contributed by atoms with Crippen molar-refractivity contribution in [2.24, 2.45) is 0 Å². The number of carbonyl (C=O) groups excluding carboxylic acids is 2. The molecule has 6 rings (SSSR count). The van der Waals surface area contributed by atoms with E-state index in [-0.39, 0.29) is 40.5 Å². The highest BCUT2D eigenvalue weighted by Crippen LogP contribution is 2.35. The number of halogens is 1. The Morgan fingerprint density at radius 3 is 2.38 bits per heavy atom. The zero-order valence-electron chi connectivity index (χ0n) is 30.6. The third-order valence-corrected chi connectivity index (χ3v) is 9.29. The molecule has 3 heterocycles. The molecule has 2 amide bonds. The van der Waals surface area contributed by atoms with Crippen molar-refractivity contribution in [1.82, 2.24) is 24.7 Å². The third kappa shape index (κ3) is 9.57. The monoisotopic (exact) mass is 727 g/mol. The van der Waals surface area contributed by atoms with E-state index in [1.54, 1.807) is 35.2 Å². The Morgan fingerprint density at radius 2 is 1.66 bits per heavy atom. The van der Waals surface area contributed by atoms with E-state index in [0.29, 0.717) is 49.8 Å². The van der Waals surface area contributed by atoms with Gasteiger partial charge in [-0.2, -0.15) is 4.98 Å². The minimum Gasteiger partial charge on any atom is -0.493 e. The lowest BCUT2D eigenvalue weighted by atomic mass is 10.1. The molecular formula is C39H46FN7O6. The summed E-state index contributed by atoms with van der Waals surface area (Å²) < 4.78 is 38.1. The number of methoxy groups -OCH3 is 1. The summed E-state index contributed by atoms with van der Waals surface area (Å²) in [7, 11) is 3.58. The summed E-state index contributed by atoms with van der Waals surface area (Å²) in [4.78, 5) is 42.2. The molecule has 2 aliphatic rings. The second kappa shape index (κ2) is 17.5. The van der Waals surface area contributed by atoms with Crippen molar-refractivity contribution in [3.05, 3.63) is 88.9 Å². The van der Waals surface area contributed by atoms with Gasteiger partial charge in [-0.25, -0.2) is 9.37 Å². The molecule has 53 heavy (non-hydrogen) atoms. The van der Waals surface area contributed by atoms with E-state index in [1.165, 1.54) is 19.4 Å². The predicted octanol–water partition coefficient (Wildman–Crippen LogP) is 5.52. The normalized spacial score (nSPS) is 15.2. The van der Waals surface area contributed by atoms with E-state index in [1.807, 2.05) is 32.0 Å². The zero-order chi connectivity index (χ0) is 37.3. The highest BCUT2D eigenvalue weighted by molar-refractivity contribution is 6.06. The molecule has 4 aromatic rings. The van der Waals surface area contributed by atoms with E-state index in [9.17, 15) is 9.59 Å². The van der Waals surface area contributed by atoms with Crippen LogP contribution in [0.1, 0.15) is 38.3 Å². The quantitative estimate of drug-likeness (QED) is 0.169. The van der Waals surface area contributed by atoms with Crippen LogP contribution >= 0.6 is 0 Å². The number of nitrogens with one attached hydrogen (secondary N) is 2. The number of carbonyl (C=O) groups is 2. The molecule has 13 nitrogen and oxygen atoms in total. The Balaban J connectivity index is 1.20. The molecule has 0 saturated carbocycles. The number of benzene rings is 3. The van der Waals surface area contributed by atoms with Gasteiger partial charge in [0.1, 0.15) is 5.56 Å². The molecule has 2 fully saturated rings. The Labute approximate surface area is 309 Å². The molecule has 0 aliphatic carbocycles. The van der Waals surface area contributed by atoms with E-state index >= 15 is 4.39 Å². The first kappa shape index (κ1) is 37.4. The Bertz CT molecular complexity index is 1890. The molecule has 3 aromatic carbocycles. The van der Waals surface area contributed by atoms with Gasteiger partial charge in [0.2, 0.25) is 11.8 Å². The topological polar surface area (TPSA) is 131 Å². The first-order chi connectivity index (χ1) is 25.7. The number of ether oxygens (including phenoxy) is 4. The predicted molar refractivity (Wildman–Crippen MR) is 199 cm³/mol. The first-order valence-corrected chi connectivity index (χ1v) is 17.8. The van der Waals surface area contributed by atoms with Crippen molar-refractivity contribution in [3.63, 3.8) is 0 Å². The number of morpholine rings is 1. The summed E-state index contributed by atoms with van der Waals surface area (Å²) in [5, 5.41) is 5.96. The van der Waals surface area contributed by atoms with E-state index in [4.69, 9.17) is 18.9 Å². The van der Waals surface area contributed by atoms with Crippen molar-refractivity contribution in [2.45, 2.75) is 20.3 Å². The number of likely N-dealkylation sites (N-methyl/N-ethyl adjacent to an activating group) is 1. The van der Waals surface area contributed by atoms with Gasteiger partial charge < -0.3 is 44.3 Å². The summed E-state index contributed by atoms with van der Waals surface area (Å²) in [6.45, 7) is 11.2. The zero-order valence-corrected chi connectivity index (χ0v) is 30.6. The van der Waals surface area contributed by atoms with Crippen LogP contribution in [0.4, 0.5) is 21.7 Å². The Morgan fingerprint density at radius 1 is 0.925 bits per heavy atom. The van der Waals surface area contributed by atoms with Gasteiger partial charge in [-0.3, -0.25) is 9.59 Å². The number of hydrogen-bond acceptors (Lipinski definition) is 11. The van der Waals surface area contributed by atoms with Crippen LogP contribution < -0.4 is 24.8 Å². The van der Waals surface area contributed by atoms with Crippen molar-refractivity contribution in [3.8, 4) is 23.1 Å². The SMILES string of the molecule is COc1cc(C(=O)N2CCOCC2)ccc1Oc1nc(Nc2ccc(OCCCN3CCN(C)CC3)c(F)c2)ncc1C(=O)Nc1c(C)cccc1C. The van der Waals surface area contributed by atoms with Crippen LogP contribution in [0.3, 0.4) is 0 Å². The van der Waals surface area contributed by atoms with E-state index in [0.717, 1.165) is 50.3 Å². The summed E-state index contributed by atoms with van der Waals surface area (Å²) >= 11 is 0. The Hall–Kier alpha value is -5.31. The minimum atomic E-state index is -0.535. The van der Waals surface area contributed by atoms with Crippen LogP contribution in [0, 0.1) is 19.7 Å². The molecule has 0 radical (unpaired) electrons. The molecular weight excluding hydrogens is 681 g/mol. The number of nitrogens with zero attached hydrogens (tertiary/aromatic N) is 5. The summed E-state index contributed by atoms with van der Waals surface area (Å²) in [6, 6.07) is 15.0. The van der Waals surface area contributed by atoms with Gasteiger partial charge in [-0.1, -0.05) is 18.2 Å². The number of amides is 2. The van der Waals surface area contributed by atoms with Gasteiger partial charge in [-0.15, -0.1) is 0 Å². The molecule has 280 valence electrons. The van der Waals surface area contributed by atoms with Crippen LogP contribution in [0.15, 0.2) is 60.8 Å². The molecule has 1 aromatic heterocycles. The first-order valence-electron chi connectivity index (χ1n) is 17.8. The lowest BCUT2D eigenvalue weighted by Crippen LogP contribution is -2.44. The molecule has 14 heteroatoms. The number of anilines is 3. The van der Waals surface area contributed by atoms with E-state index < -0.39 is 11.7 Å². The highest BCUT2D eigenvalue weighted by Gasteiger charge is 2.23. The number of para-hydroxylation sites is 1. The summed E-state index contributed by atoms with van der Waals surface area (Å²) in [6.07, 6.45) is 2.13. The number of hydrogen-bond donors (Lipinski definition) is 2. The standard InChI is InChI=1S/C39H46FN7O6/c1-26-7-5-8-27(2)35(26)43-36(48)30-25-41-39(42-29-10-12-32(31(40)24-29)52-20-6-13-46-16-14-45(3)15-17-46)44-37(30)53-33-11-9-28(23-34(33)50-4)38(49)47-18-21-51-22-19-47/h5,7-12,23-25H,6,13-22H2,1-4H3,(H,43,48)(H,41,42,44). The fourth-order valence-corrected chi connectivity index (χ4v) is 6.16. The number of rotatable bonds is 13. The molecule has 0 spiro atoms. The average molecular weight is 728 g/mol. The molecule has 2 N–H and O–H groups in total. The summed E-state index contributed by atoms with van der Waals surface area (Å²) in [5.41, 5.74) is 3.25.